The normalized spacial score (nSPS) is 14.6. The molecule has 19 heavy (non-hydrogen) atoms. The molecule has 1 aromatic carbocycles. The molecule has 1 fully saturated rings. The van der Waals surface area contributed by atoms with Gasteiger partial charge in [-0.15, -0.1) is 0 Å². The predicted molar refractivity (Wildman–Crippen MR) is 76.2 cm³/mol. The molecule has 3 rings (SSSR count). The number of nitrogens with zero attached hydrogens (tertiary/aromatic N) is 2. The van der Waals surface area contributed by atoms with E-state index in [0.29, 0.717) is 6.04 Å². The van der Waals surface area contributed by atoms with Gasteiger partial charge in [-0.05, 0) is 36.6 Å². The van der Waals surface area contributed by atoms with E-state index < -0.39 is 0 Å². The number of hydrogen-bond donors (Lipinski definition) is 1. The first-order valence-corrected chi connectivity index (χ1v) is 6.96. The van der Waals surface area contributed by atoms with Gasteiger partial charge in [0.25, 0.3) is 0 Å². The SMILES string of the molecule is Clc1cccc(Cc2nccc(CNC3CC3)n2)c1. The Morgan fingerprint density at radius 2 is 2.16 bits per heavy atom. The molecule has 1 aliphatic rings. The second-order valence-corrected chi connectivity index (χ2v) is 5.36. The van der Waals surface area contributed by atoms with Gasteiger partial charge in [0, 0.05) is 30.2 Å². The van der Waals surface area contributed by atoms with Crippen molar-refractivity contribution in [2.24, 2.45) is 0 Å². The summed E-state index contributed by atoms with van der Waals surface area (Å²) in [7, 11) is 0. The molecule has 1 saturated carbocycles. The Kier molecular flexibility index (Phi) is 3.76. The molecule has 0 unspecified atom stereocenters. The van der Waals surface area contributed by atoms with Crippen LogP contribution in [-0.2, 0) is 13.0 Å². The van der Waals surface area contributed by atoms with E-state index in [1.165, 1.54) is 12.8 Å². The third kappa shape index (κ3) is 3.75. The van der Waals surface area contributed by atoms with Crippen LogP contribution in [0.3, 0.4) is 0 Å². The number of rotatable bonds is 5. The largest absolute Gasteiger partial charge is 0.308 e. The van der Waals surface area contributed by atoms with Crippen molar-refractivity contribution in [2.75, 3.05) is 0 Å². The van der Waals surface area contributed by atoms with Crippen LogP contribution in [0.25, 0.3) is 0 Å². The highest BCUT2D eigenvalue weighted by molar-refractivity contribution is 6.30. The first-order valence-electron chi connectivity index (χ1n) is 6.58. The molecule has 1 heterocycles. The molecule has 4 heteroatoms. The highest BCUT2D eigenvalue weighted by atomic mass is 35.5. The van der Waals surface area contributed by atoms with Crippen LogP contribution in [0, 0.1) is 0 Å². The molecule has 1 aromatic heterocycles. The Hall–Kier alpha value is -1.45. The highest BCUT2D eigenvalue weighted by Crippen LogP contribution is 2.19. The molecular formula is C15H16ClN3. The minimum Gasteiger partial charge on any atom is -0.308 e. The Balaban J connectivity index is 1.67. The average molecular weight is 274 g/mol. The van der Waals surface area contributed by atoms with E-state index >= 15 is 0 Å². The van der Waals surface area contributed by atoms with E-state index in [1.54, 1.807) is 0 Å². The van der Waals surface area contributed by atoms with Crippen LogP contribution in [0.5, 0.6) is 0 Å². The first-order chi connectivity index (χ1) is 9.29. The van der Waals surface area contributed by atoms with Crippen molar-refractivity contribution in [1.82, 2.24) is 15.3 Å². The molecule has 3 nitrogen and oxygen atoms in total. The maximum atomic E-state index is 5.98. The van der Waals surface area contributed by atoms with Crippen molar-refractivity contribution in [3.8, 4) is 0 Å². The molecule has 98 valence electrons. The van der Waals surface area contributed by atoms with Gasteiger partial charge >= 0.3 is 0 Å². The topological polar surface area (TPSA) is 37.8 Å². The maximum Gasteiger partial charge on any atom is 0.132 e. The number of hydrogen-bond acceptors (Lipinski definition) is 3. The first kappa shape index (κ1) is 12.6. The quantitative estimate of drug-likeness (QED) is 0.910. The fourth-order valence-corrected chi connectivity index (χ4v) is 2.20. The van der Waals surface area contributed by atoms with Crippen molar-refractivity contribution in [3.63, 3.8) is 0 Å². The third-order valence-corrected chi connectivity index (χ3v) is 3.40. The van der Waals surface area contributed by atoms with Gasteiger partial charge < -0.3 is 5.32 Å². The molecule has 0 radical (unpaired) electrons. The summed E-state index contributed by atoms with van der Waals surface area (Å²) < 4.78 is 0. The van der Waals surface area contributed by atoms with Gasteiger partial charge in [0.2, 0.25) is 0 Å². The van der Waals surface area contributed by atoms with Crippen LogP contribution >= 0.6 is 11.6 Å². The highest BCUT2D eigenvalue weighted by Gasteiger charge is 2.20. The summed E-state index contributed by atoms with van der Waals surface area (Å²) in [5, 5.41) is 4.22. The summed E-state index contributed by atoms with van der Waals surface area (Å²) in [6, 6.07) is 10.5. The molecule has 0 amide bonds. The zero-order chi connectivity index (χ0) is 13.1. The maximum absolute atomic E-state index is 5.98. The van der Waals surface area contributed by atoms with Crippen LogP contribution in [-0.4, -0.2) is 16.0 Å². The van der Waals surface area contributed by atoms with Crippen LogP contribution in [0.2, 0.25) is 5.02 Å². The van der Waals surface area contributed by atoms with Crippen molar-refractivity contribution in [3.05, 3.63) is 58.6 Å². The lowest BCUT2D eigenvalue weighted by Crippen LogP contribution is -2.16. The molecule has 1 N–H and O–H groups in total. The standard InChI is InChI=1S/C15H16ClN3/c16-12-3-1-2-11(8-12)9-15-17-7-6-14(19-15)10-18-13-4-5-13/h1-3,6-8,13,18H,4-5,9-10H2. The lowest BCUT2D eigenvalue weighted by atomic mass is 10.1. The number of nitrogens with one attached hydrogen (secondary N) is 1. The summed E-state index contributed by atoms with van der Waals surface area (Å²) in [4.78, 5) is 8.91. The van der Waals surface area contributed by atoms with Crippen molar-refractivity contribution < 1.29 is 0 Å². The van der Waals surface area contributed by atoms with E-state index in [1.807, 2.05) is 36.5 Å². The Morgan fingerprint density at radius 1 is 1.26 bits per heavy atom. The van der Waals surface area contributed by atoms with Gasteiger partial charge in [-0.2, -0.15) is 0 Å². The van der Waals surface area contributed by atoms with Gasteiger partial charge in [-0.3, -0.25) is 0 Å². The van der Waals surface area contributed by atoms with E-state index in [2.05, 4.69) is 15.3 Å². The Labute approximate surface area is 118 Å². The average Bonchev–Trinajstić information content (AvgIpc) is 3.21. The molecule has 2 aromatic rings. The Bertz CT molecular complexity index is 567. The molecule has 1 aliphatic carbocycles. The lowest BCUT2D eigenvalue weighted by Gasteiger charge is -2.05. The minimum atomic E-state index is 0.700. The molecule has 0 saturated heterocycles. The van der Waals surface area contributed by atoms with E-state index in [4.69, 9.17) is 11.6 Å². The van der Waals surface area contributed by atoms with Crippen molar-refractivity contribution >= 4 is 11.6 Å². The summed E-state index contributed by atoms with van der Waals surface area (Å²) in [5.41, 5.74) is 2.19. The van der Waals surface area contributed by atoms with Gasteiger partial charge in [0.05, 0.1) is 5.69 Å². The number of aromatic nitrogens is 2. The summed E-state index contributed by atoms with van der Waals surface area (Å²) >= 11 is 5.98. The van der Waals surface area contributed by atoms with Crippen molar-refractivity contribution in [1.29, 1.82) is 0 Å². The summed E-state index contributed by atoms with van der Waals surface area (Å²) in [6.45, 7) is 0.829. The predicted octanol–water partition coefficient (Wildman–Crippen LogP) is 2.97. The molecular weight excluding hydrogens is 258 g/mol. The molecule has 0 atom stereocenters. The van der Waals surface area contributed by atoms with Crippen LogP contribution in [0.1, 0.15) is 29.9 Å². The van der Waals surface area contributed by atoms with Gasteiger partial charge in [0.1, 0.15) is 5.82 Å². The van der Waals surface area contributed by atoms with Gasteiger partial charge in [0.15, 0.2) is 0 Å². The fraction of sp³-hybridized carbons (Fsp3) is 0.333. The Morgan fingerprint density at radius 3 is 2.95 bits per heavy atom. The second-order valence-electron chi connectivity index (χ2n) is 4.93. The molecule has 0 spiro atoms. The smallest absolute Gasteiger partial charge is 0.132 e. The fourth-order valence-electron chi connectivity index (χ4n) is 1.99. The monoisotopic (exact) mass is 273 g/mol. The van der Waals surface area contributed by atoms with Gasteiger partial charge in [-0.1, -0.05) is 23.7 Å². The van der Waals surface area contributed by atoms with E-state index in [9.17, 15) is 0 Å². The zero-order valence-electron chi connectivity index (χ0n) is 10.6. The zero-order valence-corrected chi connectivity index (χ0v) is 11.4. The van der Waals surface area contributed by atoms with E-state index in [0.717, 1.165) is 35.1 Å². The minimum absolute atomic E-state index is 0.700. The third-order valence-electron chi connectivity index (χ3n) is 3.16. The second kappa shape index (κ2) is 5.68. The van der Waals surface area contributed by atoms with Gasteiger partial charge in [-0.25, -0.2) is 9.97 Å². The summed E-state index contributed by atoms with van der Waals surface area (Å²) in [5.74, 6) is 0.845. The van der Waals surface area contributed by atoms with E-state index in [-0.39, 0.29) is 0 Å². The lowest BCUT2D eigenvalue weighted by molar-refractivity contribution is 0.668. The molecule has 0 bridgehead atoms. The van der Waals surface area contributed by atoms with Crippen molar-refractivity contribution in [2.45, 2.75) is 31.8 Å². The number of halogens is 1. The number of benzene rings is 1. The summed E-state index contributed by atoms with van der Waals surface area (Å²) in [6.07, 6.45) is 5.13. The molecule has 0 aliphatic heterocycles. The van der Waals surface area contributed by atoms with Crippen LogP contribution in [0.4, 0.5) is 0 Å². The van der Waals surface area contributed by atoms with Crippen LogP contribution < -0.4 is 5.32 Å². The van der Waals surface area contributed by atoms with Crippen LogP contribution in [0.15, 0.2) is 36.5 Å².